The van der Waals surface area contributed by atoms with Gasteiger partial charge in [-0.05, 0) is 24.3 Å². The Labute approximate surface area is 84.2 Å². The molecule has 1 heterocycles. The monoisotopic (exact) mass is 208 g/mol. The molecule has 0 saturated heterocycles. The largest absolute Gasteiger partial charge is 0.508 e. The predicted molar refractivity (Wildman–Crippen MR) is 50.5 cm³/mol. The highest BCUT2D eigenvalue weighted by molar-refractivity contribution is 5.82. The molecule has 0 bridgehead atoms. The normalized spacial score (nSPS) is 12.9. The summed E-state index contributed by atoms with van der Waals surface area (Å²) in [7, 11) is 0. The van der Waals surface area contributed by atoms with Gasteiger partial charge in [0.25, 0.3) is 0 Å². The number of carbonyl (C=O) groups is 1. The number of benzene rings is 1. The number of carboxylic acids is 1. The van der Waals surface area contributed by atoms with Crippen molar-refractivity contribution in [3.8, 4) is 5.75 Å². The van der Waals surface area contributed by atoms with Gasteiger partial charge in [0.15, 0.2) is 0 Å². The highest BCUT2D eigenvalue weighted by Gasteiger charge is 2.20. The van der Waals surface area contributed by atoms with E-state index in [9.17, 15) is 9.90 Å². The Bertz CT molecular complexity index is 514. The third-order valence-electron chi connectivity index (χ3n) is 2.02. The van der Waals surface area contributed by atoms with Crippen LogP contribution in [0, 0.1) is 0 Å². The van der Waals surface area contributed by atoms with Crippen LogP contribution in [0.3, 0.4) is 0 Å². The van der Waals surface area contributed by atoms with Gasteiger partial charge in [-0.2, -0.15) is 0 Å². The van der Waals surface area contributed by atoms with Crippen molar-refractivity contribution in [2.45, 2.75) is 6.10 Å². The third-order valence-corrected chi connectivity index (χ3v) is 2.02. The lowest BCUT2D eigenvalue weighted by Crippen LogP contribution is -2.08. The van der Waals surface area contributed by atoms with Crippen LogP contribution in [-0.4, -0.2) is 21.3 Å². The van der Waals surface area contributed by atoms with Crippen LogP contribution >= 0.6 is 0 Å². The maximum Gasteiger partial charge on any atom is 0.340 e. The molecule has 5 heteroatoms. The van der Waals surface area contributed by atoms with Crippen molar-refractivity contribution in [3.05, 3.63) is 30.0 Å². The van der Waals surface area contributed by atoms with Crippen molar-refractivity contribution in [1.29, 1.82) is 0 Å². The Morgan fingerprint density at radius 1 is 1.33 bits per heavy atom. The molecule has 5 nitrogen and oxygen atoms in total. The minimum atomic E-state index is -1.68. The number of hydrogen-bond donors (Lipinski definition) is 3. The highest BCUT2D eigenvalue weighted by atomic mass is 16.4. The number of aliphatic carboxylic acids is 1. The molecule has 0 fully saturated rings. The molecule has 0 aliphatic carbocycles. The summed E-state index contributed by atoms with van der Waals surface area (Å²) in [5, 5.41) is 27.5. The van der Waals surface area contributed by atoms with Crippen LogP contribution in [0.1, 0.15) is 11.9 Å². The zero-order valence-electron chi connectivity index (χ0n) is 7.54. The van der Waals surface area contributed by atoms with Crippen LogP contribution in [0.5, 0.6) is 5.75 Å². The fraction of sp³-hybridized carbons (Fsp3) is 0.100. The van der Waals surface area contributed by atoms with E-state index >= 15 is 0 Å². The number of aliphatic hydroxyl groups excluding tert-OH is 1. The van der Waals surface area contributed by atoms with Gasteiger partial charge in [0.1, 0.15) is 17.1 Å². The van der Waals surface area contributed by atoms with E-state index in [-0.39, 0.29) is 11.5 Å². The SMILES string of the molecule is O=C(O)C(O)c1cc2cc(O)ccc2o1. The summed E-state index contributed by atoms with van der Waals surface area (Å²) < 4.78 is 5.10. The number of aliphatic hydroxyl groups is 1. The molecule has 15 heavy (non-hydrogen) atoms. The van der Waals surface area contributed by atoms with Gasteiger partial charge in [-0.25, -0.2) is 4.79 Å². The summed E-state index contributed by atoms with van der Waals surface area (Å²) in [6, 6.07) is 5.73. The Morgan fingerprint density at radius 2 is 2.07 bits per heavy atom. The number of aromatic hydroxyl groups is 1. The molecule has 1 unspecified atom stereocenters. The second-order valence-corrected chi connectivity index (χ2v) is 3.11. The van der Waals surface area contributed by atoms with Crippen molar-refractivity contribution >= 4 is 16.9 Å². The molecular weight excluding hydrogens is 200 g/mol. The van der Waals surface area contributed by atoms with Crippen molar-refractivity contribution in [1.82, 2.24) is 0 Å². The van der Waals surface area contributed by atoms with Crippen LogP contribution in [0.25, 0.3) is 11.0 Å². The predicted octanol–water partition coefficient (Wildman–Crippen LogP) is 1.26. The first-order chi connectivity index (χ1) is 7.08. The molecule has 1 aromatic carbocycles. The van der Waals surface area contributed by atoms with Crippen LogP contribution < -0.4 is 0 Å². The summed E-state index contributed by atoms with van der Waals surface area (Å²) in [6.45, 7) is 0. The van der Waals surface area contributed by atoms with Gasteiger partial charge in [0.05, 0.1) is 0 Å². The molecule has 1 aromatic heterocycles. The van der Waals surface area contributed by atoms with Gasteiger partial charge in [0, 0.05) is 5.39 Å². The average molecular weight is 208 g/mol. The topological polar surface area (TPSA) is 90.9 Å². The van der Waals surface area contributed by atoms with E-state index in [2.05, 4.69) is 0 Å². The molecular formula is C10H8O5. The van der Waals surface area contributed by atoms with E-state index < -0.39 is 12.1 Å². The Hall–Kier alpha value is -2.01. The molecule has 78 valence electrons. The first-order valence-corrected chi connectivity index (χ1v) is 4.21. The first kappa shape index (κ1) is 9.54. The molecule has 3 N–H and O–H groups in total. The number of phenolic OH excluding ortho intramolecular Hbond substituents is 1. The summed E-state index contributed by atoms with van der Waals surface area (Å²) in [5.41, 5.74) is 0.420. The average Bonchev–Trinajstić information content (AvgIpc) is 2.58. The lowest BCUT2D eigenvalue weighted by Gasteiger charge is -1.98. The van der Waals surface area contributed by atoms with Gasteiger partial charge >= 0.3 is 5.97 Å². The van der Waals surface area contributed by atoms with Gasteiger partial charge < -0.3 is 19.7 Å². The van der Waals surface area contributed by atoms with Gasteiger partial charge in [-0.3, -0.25) is 0 Å². The van der Waals surface area contributed by atoms with Crippen LogP contribution in [0.15, 0.2) is 28.7 Å². The standard InChI is InChI=1S/C10H8O5/c11-6-1-2-7-5(3-6)4-8(15-7)9(12)10(13)14/h1-4,9,11-12H,(H,13,14). The van der Waals surface area contributed by atoms with Crippen molar-refractivity contribution in [3.63, 3.8) is 0 Å². The van der Waals surface area contributed by atoms with Crippen LogP contribution in [-0.2, 0) is 4.79 Å². The maximum absolute atomic E-state index is 10.5. The number of hydrogen-bond acceptors (Lipinski definition) is 4. The molecule has 0 radical (unpaired) electrons. The van der Waals surface area contributed by atoms with Crippen LogP contribution in [0.2, 0.25) is 0 Å². The number of furan rings is 1. The Kier molecular flexibility index (Phi) is 2.09. The minimum Gasteiger partial charge on any atom is -0.508 e. The summed E-state index contributed by atoms with van der Waals surface area (Å²) >= 11 is 0. The summed E-state index contributed by atoms with van der Waals surface area (Å²) in [4.78, 5) is 10.5. The summed E-state index contributed by atoms with van der Waals surface area (Å²) in [6.07, 6.45) is -1.68. The molecule has 0 spiro atoms. The number of rotatable bonds is 2. The second-order valence-electron chi connectivity index (χ2n) is 3.11. The van der Waals surface area contributed by atoms with Crippen molar-refractivity contribution < 1.29 is 24.5 Å². The van der Waals surface area contributed by atoms with Gasteiger partial charge in [0.2, 0.25) is 6.10 Å². The van der Waals surface area contributed by atoms with E-state index in [4.69, 9.17) is 14.6 Å². The van der Waals surface area contributed by atoms with Gasteiger partial charge in [-0.1, -0.05) is 0 Å². The van der Waals surface area contributed by atoms with E-state index in [0.717, 1.165) is 0 Å². The van der Waals surface area contributed by atoms with Crippen molar-refractivity contribution in [2.75, 3.05) is 0 Å². The maximum atomic E-state index is 10.5. The minimum absolute atomic E-state index is 0.0527. The Balaban J connectivity index is 2.51. The zero-order chi connectivity index (χ0) is 11.0. The zero-order valence-corrected chi connectivity index (χ0v) is 7.54. The van der Waals surface area contributed by atoms with Crippen LogP contribution in [0.4, 0.5) is 0 Å². The molecule has 0 aliphatic heterocycles. The number of phenols is 1. The van der Waals surface area contributed by atoms with Gasteiger partial charge in [-0.15, -0.1) is 0 Å². The summed E-state index contributed by atoms with van der Waals surface area (Å²) in [5.74, 6) is -1.37. The number of fused-ring (bicyclic) bond motifs is 1. The fourth-order valence-corrected chi connectivity index (χ4v) is 1.31. The molecule has 1 atom stereocenters. The van der Waals surface area contributed by atoms with E-state index in [0.29, 0.717) is 11.0 Å². The lowest BCUT2D eigenvalue weighted by molar-refractivity contribution is -0.147. The molecule has 0 saturated carbocycles. The quantitative estimate of drug-likeness (QED) is 0.691. The van der Waals surface area contributed by atoms with Crippen molar-refractivity contribution in [2.24, 2.45) is 0 Å². The Morgan fingerprint density at radius 3 is 2.73 bits per heavy atom. The number of carboxylic acid groups (broad SMARTS) is 1. The second kappa shape index (κ2) is 3.29. The lowest BCUT2D eigenvalue weighted by atomic mass is 10.2. The third kappa shape index (κ3) is 1.64. The highest BCUT2D eigenvalue weighted by Crippen LogP contribution is 2.26. The molecule has 2 rings (SSSR count). The molecule has 0 amide bonds. The molecule has 0 aliphatic rings. The first-order valence-electron chi connectivity index (χ1n) is 4.21. The van der Waals surface area contributed by atoms with E-state index in [1.54, 1.807) is 0 Å². The van der Waals surface area contributed by atoms with E-state index in [1.165, 1.54) is 24.3 Å². The van der Waals surface area contributed by atoms with E-state index in [1.807, 2.05) is 0 Å². The fourth-order valence-electron chi connectivity index (χ4n) is 1.31. The smallest absolute Gasteiger partial charge is 0.340 e. The molecule has 2 aromatic rings.